The summed E-state index contributed by atoms with van der Waals surface area (Å²) in [7, 11) is 3.30. The van der Waals surface area contributed by atoms with Gasteiger partial charge >= 0.3 is 0 Å². The van der Waals surface area contributed by atoms with E-state index in [9.17, 15) is 9.59 Å². The van der Waals surface area contributed by atoms with E-state index in [0.29, 0.717) is 35.7 Å². The summed E-state index contributed by atoms with van der Waals surface area (Å²) in [5, 5.41) is 3.16. The van der Waals surface area contributed by atoms with Gasteiger partial charge in [0, 0.05) is 25.5 Å². The third-order valence-corrected chi connectivity index (χ3v) is 2.74. The van der Waals surface area contributed by atoms with Crippen LogP contribution in [0.4, 0.5) is 5.69 Å². The van der Waals surface area contributed by atoms with E-state index >= 15 is 0 Å². The normalized spacial score (nSPS) is 10.1. The standard InChI is InChI=1S/C13H18ClN3O2/c1-17(2)13(19)10-6-5-9(14)8-11(10)16-12(18)4-3-7-15/h5-6,8H,3-4,7,15H2,1-2H3,(H,16,18). The molecule has 3 N–H and O–H groups in total. The van der Waals surface area contributed by atoms with Crippen LogP contribution in [0.25, 0.3) is 0 Å². The first-order chi connectivity index (χ1) is 8.95. The van der Waals surface area contributed by atoms with Gasteiger partial charge in [-0.25, -0.2) is 0 Å². The first kappa shape index (κ1) is 15.5. The Labute approximate surface area is 117 Å². The molecule has 0 fully saturated rings. The van der Waals surface area contributed by atoms with E-state index in [-0.39, 0.29) is 11.8 Å². The molecule has 0 aliphatic carbocycles. The molecule has 0 aromatic heterocycles. The summed E-state index contributed by atoms with van der Waals surface area (Å²) < 4.78 is 0. The van der Waals surface area contributed by atoms with Crippen LogP contribution in [-0.4, -0.2) is 37.4 Å². The molecule has 104 valence electrons. The summed E-state index contributed by atoms with van der Waals surface area (Å²) in [5.74, 6) is -0.369. The Hall–Kier alpha value is -1.59. The fourth-order valence-electron chi connectivity index (χ4n) is 1.52. The number of halogens is 1. The molecular weight excluding hydrogens is 266 g/mol. The number of nitrogens with one attached hydrogen (secondary N) is 1. The van der Waals surface area contributed by atoms with Crippen LogP contribution in [-0.2, 0) is 4.79 Å². The number of hydrogen-bond acceptors (Lipinski definition) is 3. The molecule has 0 radical (unpaired) electrons. The van der Waals surface area contributed by atoms with Crippen LogP contribution in [0.3, 0.4) is 0 Å². The van der Waals surface area contributed by atoms with E-state index in [1.807, 2.05) is 0 Å². The lowest BCUT2D eigenvalue weighted by atomic mass is 10.1. The van der Waals surface area contributed by atoms with E-state index in [4.69, 9.17) is 17.3 Å². The second-order valence-corrected chi connectivity index (χ2v) is 4.77. The maximum Gasteiger partial charge on any atom is 0.255 e. The van der Waals surface area contributed by atoms with Gasteiger partial charge < -0.3 is 16.0 Å². The van der Waals surface area contributed by atoms with Crippen molar-refractivity contribution in [3.8, 4) is 0 Å². The number of carbonyl (C=O) groups excluding carboxylic acids is 2. The maximum atomic E-state index is 12.0. The van der Waals surface area contributed by atoms with Gasteiger partial charge in [0.2, 0.25) is 5.91 Å². The van der Waals surface area contributed by atoms with Crippen molar-refractivity contribution in [1.82, 2.24) is 4.90 Å². The SMILES string of the molecule is CN(C)C(=O)c1ccc(Cl)cc1NC(=O)CCCN. The third-order valence-electron chi connectivity index (χ3n) is 2.50. The minimum atomic E-state index is -0.189. The lowest BCUT2D eigenvalue weighted by molar-refractivity contribution is -0.116. The van der Waals surface area contributed by atoms with Crippen LogP contribution in [0.5, 0.6) is 0 Å². The van der Waals surface area contributed by atoms with E-state index < -0.39 is 0 Å². The zero-order valence-electron chi connectivity index (χ0n) is 11.1. The largest absolute Gasteiger partial charge is 0.345 e. The Morgan fingerprint density at radius 1 is 1.37 bits per heavy atom. The van der Waals surface area contributed by atoms with E-state index in [0.717, 1.165) is 0 Å². The van der Waals surface area contributed by atoms with Crippen LogP contribution in [0.15, 0.2) is 18.2 Å². The molecule has 1 rings (SSSR count). The van der Waals surface area contributed by atoms with Crippen molar-refractivity contribution in [2.24, 2.45) is 5.73 Å². The van der Waals surface area contributed by atoms with Gasteiger partial charge in [0.15, 0.2) is 0 Å². The monoisotopic (exact) mass is 283 g/mol. The third kappa shape index (κ3) is 4.54. The minimum absolute atomic E-state index is 0.180. The molecule has 0 bridgehead atoms. The van der Waals surface area contributed by atoms with E-state index in [1.165, 1.54) is 4.90 Å². The highest BCUT2D eigenvalue weighted by Gasteiger charge is 2.15. The zero-order chi connectivity index (χ0) is 14.4. The number of benzene rings is 1. The molecule has 0 aliphatic rings. The van der Waals surface area contributed by atoms with Crippen molar-refractivity contribution < 1.29 is 9.59 Å². The van der Waals surface area contributed by atoms with Gasteiger partial charge in [-0.05, 0) is 31.2 Å². The number of anilines is 1. The number of rotatable bonds is 5. The number of carbonyl (C=O) groups is 2. The Balaban J connectivity index is 2.94. The van der Waals surface area contributed by atoms with Gasteiger partial charge in [0.05, 0.1) is 11.3 Å². The van der Waals surface area contributed by atoms with Crippen molar-refractivity contribution in [2.45, 2.75) is 12.8 Å². The fraction of sp³-hybridized carbons (Fsp3) is 0.385. The van der Waals surface area contributed by atoms with Crippen molar-refractivity contribution in [3.63, 3.8) is 0 Å². The Bertz CT molecular complexity index is 475. The molecule has 1 aromatic rings. The summed E-state index contributed by atoms with van der Waals surface area (Å²) in [6.07, 6.45) is 0.919. The summed E-state index contributed by atoms with van der Waals surface area (Å²) in [6.45, 7) is 0.451. The van der Waals surface area contributed by atoms with E-state index in [1.54, 1.807) is 32.3 Å². The lowest BCUT2D eigenvalue weighted by Crippen LogP contribution is -2.24. The van der Waals surface area contributed by atoms with Gasteiger partial charge in [0.1, 0.15) is 0 Å². The van der Waals surface area contributed by atoms with Gasteiger partial charge in [-0.2, -0.15) is 0 Å². The number of nitrogens with two attached hydrogens (primary N) is 1. The molecule has 19 heavy (non-hydrogen) atoms. The van der Waals surface area contributed by atoms with Crippen molar-refractivity contribution in [1.29, 1.82) is 0 Å². The predicted octanol–water partition coefficient (Wildman–Crippen LogP) is 1.72. The molecule has 0 heterocycles. The first-order valence-corrected chi connectivity index (χ1v) is 6.34. The first-order valence-electron chi connectivity index (χ1n) is 5.97. The average molecular weight is 284 g/mol. The van der Waals surface area contributed by atoms with Crippen molar-refractivity contribution >= 4 is 29.1 Å². The highest BCUT2D eigenvalue weighted by Crippen LogP contribution is 2.22. The van der Waals surface area contributed by atoms with Crippen LogP contribution in [0.1, 0.15) is 23.2 Å². The van der Waals surface area contributed by atoms with Crippen LogP contribution < -0.4 is 11.1 Å². The van der Waals surface area contributed by atoms with E-state index in [2.05, 4.69) is 5.32 Å². The van der Waals surface area contributed by atoms with Crippen molar-refractivity contribution in [3.05, 3.63) is 28.8 Å². The average Bonchev–Trinajstić information content (AvgIpc) is 2.35. The highest BCUT2D eigenvalue weighted by molar-refractivity contribution is 6.31. The quantitative estimate of drug-likeness (QED) is 0.864. The van der Waals surface area contributed by atoms with Crippen LogP contribution >= 0.6 is 11.6 Å². The fourth-order valence-corrected chi connectivity index (χ4v) is 1.69. The molecular formula is C13H18ClN3O2. The molecule has 5 nitrogen and oxygen atoms in total. The number of amides is 2. The molecule has 0 atom stereocenters. The minimum Gasteiger partial charge on any atom is -0.345 e. The second-order valence-electron chi connectivity index (χ2n) is 4.33. The zero-order valence-corrected chi connectivity index (χ0v) is 11.8. The molecule has 2 amide bonds. The molecule has 6 heteroatoms. The molecule has 0 saturated carbocycles. The Kier molecular flexibility index (Phi) is 5.79. The van der Waals surface area contributed by atoms with Crippen LogP contribution in [0.2, 0.25) is 5.02 Å². The number of hydrogen-bond donors (Lipinski definition) is 2. The predicted molar refractivity (Wildman–Crippen MR) is 76.4 cm³/mol. The molecule has 1 aromatic carbocycles. The summed E-state index contributed by atoms with van der Waals surface area (Å²) >= 11 is 5.89. The Morgan fingerprint density at radius 2 is 2.05 bits per heavy atom. The van der Waals surface area contributed by atoms with Gasteiger partial charge in [-0.1, -0.05) is 11.6 Å². The molecule has 0 aliphatic heterocycles. The number of nitrogens with zero attached hydrogens (tertiary/aromatic N) is 1. The molecule has 0 spiro atoms. The Morgan fingerprint density at radius 3 is 2.63 bits per heavy atom. The summed E-state index contributed by atoms with van der Waals surface area (Å²) in [4.78, 5) is 25.1. The highest BCUT2D eigenvalue weighted by atomic mass is 35.5. The van der Waals surface area contributed by atoms with Crippen molar-refractivity contribution in [2.75, 3.05) is 26.0 Å². The van der Waals surface area contributed by atoms with Crippen LogP contribution in [0, 0.1) is 0 Å². The molecule has 0 unspecified atom stereocenters. The smallest absolute Gasteiger partial charge is 0.255 e. The topological polar surface area (TPSA) is 75.4 Å². The van der Waals surface area contributed by atoms with Gasteiger partial charge in [0.25, 0.3) is 5.91 Å². The van der Waals surface area contributed by atoms with Gasteiger partial charge in [-0.3, -0.25) is 9.59 Å². The van der Waals surface area contributed by atoms with Gasteiger partial charge in [-0.15, -0.1) is 0 Å². The summed E-state index contributed by atoms with van der Waals surface area (Å²) in [6, 6.07) is 4.79. The summed E-state index contributed by atoms with van der Waals surface area (Å²) in [5.41, 5.74) is 6.19. The molecule has 0 saturated heterocycles. The lowest BCUT2D eigenvalue weighted by Gasteiger charge is -2.15. The maximum absolute atomic E-state index is 12.0. The second kappa shape index (κ2) is 7.11.